The van der Waals surface area contributed by atoms with E-state index in [2.05, 4.69) is 26.6 Å². The maximum atomic E-state index is 4.28. The van der Waals surface area contributed by atoms with Gasteiger partial charge in [-0.05, 0) is 6.07 Å². The van der Waals surface area contributed by atoms with Crippen LogP contribution in [-0.2, 0) is 5.75 Å². The smallest absolute Gasteiger partial charge is 0.208 e. The van der Waals surface area contributed by atoms with Gasteiger partial charge in [0.05, 0.1) is 0 Å². The monoisotopic (exact) mass is 281 g/mol. The number of aromatic nitrogens is 3. The van der Waals surface area contributed by atoms with Gasteiger partial charge in [-0.1, -0.05) is 29.2 Å². The Kier molecular flexibility index (Phi) is 4.38. The van der Waals surface area contributed by atoms with Gasteiger partial charge in [-0.25, -0.2) is 4.98 Å². The Morgan fingerprint density at radius 3 is 2.89 bits per heavy atom. The van der Waals surface area contributed by atoms with E-state index in [0.717, 1.165) is 21.0 Å². The van der Waals surface area contributed by atoms with Crippen LogP contribution >= 0.6 is 23.1 Å². The van der Waals surface area contributed by atoms with Gasteiger partial charge in [-0.3, -0.25) is 0 Å². The molecule has 2 aromatic rings. The highest BCUT2D eigenvalue weighted by Gasteiger charge is 2.08. The van der Waals surface area contributed by atoms with Crippen LogP contribution in [0.1, 0.15) is 5.56 Å². The van der Waals surface area contributed by atoms with Crippen LogP contribution in [0.3, 0.4) is 0 Å². The Labute approximate surface area is 115 Å². The lowest BCUT2D eigenvalue weighted by Crippen LogP contribution is -2.07. The highest BCUT2D eigenvalue weighted by Crippen LogP contribution is 2.30. The van der Waals surface area contributed by atoms with Crippen molar-refractivity contribution in [1.82, 2.24) is 15.2 Å². The van der Waals surface area contributed by atoms with Crippen molar-refractivity contribution >= 4 is 34.0 Å². The van der Waals surface area contributed by atoms with Crippen LogP contribution in [0.5, 0.6) is 0 Å². The van der Waals surface area contributed by atoms with Gasteiger partial charge >= 0.3 is 0 Å². The Bertz CT molecular complexity index is 512. The summed E-state index contributed by atoms with van der Waals surface area (Å²) in [7, 11) is 5.82. The highest BCUT2D eigenvalue weighted by atomic mass is 32.2. The van der Waals surface area contributed by atoms with Gasteiger partial charge in [-0.2, -0.15) is 0 Å². The van der Waals surface area contributed by atoms with E-state index in [1.807, 2.05) is 32.1 Å². The lowest BCUT2D eigenvalue weighted by atomic mass is 10.3. The van der Waals surface area contributed by atoms with Crippen LogP contribution in [0.4, 0.5) is 10.9 Å². The second kappa shape index (κ2) is 6.01. The van der Waals surface area contributed by atoms with Crippen LogP contribution < -0.4 is 10.2 Å². The van der Waals surface area contributed by atoms with Gasteiger partial charge in [0.15, 0.2) is 4.34 Å². The van der Waals surface area contributed by atoms with Gasteiger partial charge in [0, 0.05) is 38.7 Å². The topological polar surface area (TPSA) is 53.9 Å². The maximum absolute atomic E-state index is 4.28. The van der Waals surface area contributed by atoms with E-state index in [9.17, 15) is 0 Å². The Morgan fingerprint density at radius 2 is 2.22 bits per heavy atom. The van der Waals surface area contributed by atoms with E-state index in [0.29, 0.717) is 0 Å². The summed E-state index contributed by atoms with van der Waals surface area (Å²) in [5, 5.41) is 12.3. The summed E-state index contributed by atoms with van der Waals surface area (Å²) in [6.07, 6.45) is 1.79. The molecule has 1 N–H and O–H groups in total. The molecule has 7 heteroatoms. The molecular formula is C11H15N5S2. The first kappa shape index (κ1) is 13.1. The molecule has 0 amide bonds. The van der Waals surface area contributed by atoms with Crippen molar-refractivity contribution in [2.45, 2.75) is 10.1 Å². The van der Waals surface area contributed by atoms with E-state index >= 15 is 0 Å². The third kappa shape index (κ3) is 3.11. The number of anilines is 2. The minimum absolute atomic E-state index is 0.839. The fourth-order valence-corrected chi connectivity index (χ4v) is 3.11. The summed E-state index contributed by atoms with van der Waals surface area (Å²) in [6.45, 7) is 0. The molecule has 0 spiro atoms. The zero-order valence-corrected chi connectivity index (χ0v) is 12.2. The van der Waals surface area contributed by atoms with Crippen molar-refractivity contribution in [2.24, 2.45) is 0 Å². The van der Waals surface area contributed by atoms with Crippen molar-refractivity contribution in [1.29, 1.82) is 0 Å². The third-order valence-electron chi connectivity index (χ3n) is 2.26. The Balaban J connectivity index is 2.02. The van der Waals surface area contributed by atoms with E-state index < -0.39 is 0 Å². The first-order valence-electron chi connectivity index (χ1n) is 5.46. The summed E-state index contributed by atoms with van der Waals surface area (Å²) < 4.78 is 0.976. The first-order valence-corrected chi connectivity index (χ1v) is 7.26. The molecule has 5 nitrogen and oxygen atoms in total. The molecule has 0 atom stereocenters. The predicted octanol–water partition coefficient (Wildman–Crippen LogP) is 2.33. The number of hydrogen-bond donors (Lipinski definition) is 1. The molecule has 2 aromatic heterocycles. The van der Waals surface area contributed by atoms with Crippen LogP contribution in [-0.4, -0.2) is 36.3 Å². The van der Waals surface area contributed by atoms with E-state index in [-0.39, 0.29) is 0 Å². The molecule has 0 radical (unpaired) electrons. The van der Waals surface area contributed by atoms with Crippen molar-refractivity contribution in [3.63, 3.8) is 0 Å². The largest absolute Gasteiger partial charge is 0.373 e. The fraction of sp³-hybridized carbons (Fsp3) is 0.364. The van der Waals surface area contributed by atoms with Gasteiger partial charge in [0.2, 0.25) is 5.13 Å². The van der Waals surface area contributed by atoms with Gasteiger partial charge < -0.3 is 10.2 Å². The standard InChI is InChI=1S/C11H15N5S2/c1-12-9-8(5-4-6-13-9)7-17-11-15-14-10(18-11)16(2)3/h4-6H,7H2,1-3H3,(H,12,13). The molecule has 2 heterocycles. The molecule has 0 bridgehead atoms. The summed E-state index contributed by atoms with van der Waals surface area (Å²) in [5.74, 6) is 1.76. The second-order valence-electron chi connectivity index (χ2n) is 3.79. The molecule has 0 saturated carbocycles. The average Bonchev–Trinajstić information content (AvgIpc) is 2.85. The SMILES string of the molecule is CNc1ncccc1CSc1nnc(N(C)C)s1. The van der Waals surface area contributed by atoms with Crippen molar-refractivity contribution < 1.29 is 0 Å². The van der Waals surface area contributed by atoms with Crippen LogP contribution in [0.15, 0.2) is 22.7 Å². The molecule has 0 aromatic carbocycles. The zero-order chi connectivity index (χ0) is 13.0. The molecule has 0 saturated heterocycles. The fourth-order valence-electron chi connectivity index (χ4n) is 1.36. The van der Waals surface area contributed by atoms with E-state index in [1.54, 1.807) is 29.3 Å². The lowest BCUT2D eigenvalue weighted by Gasteiger charge is -2.05. The number of rotatable bonds is 5. The number of hydrogen-bond acceptors (Lipinski definition) is 7. The third-order valence-corrected chi connectivity index (χ3v) is 4.53. The van der Waals surface area contributed by atoms with Crippen molar-refractivity contribution in [3.8, 4) is 0 Å². The molecule has 0 unspecified atom stereocenters. The molecule has 0 aliphatic carbocycles. The number of pyridine rings is 1. The molecular weight excluding hydrogens is 266 g/mol. The van der Waals surface area contributed by atoms with Crippen LogP contribution in [0.25, 0.3) is 0 Å². The van der Waals surface area contributed by atoms with Crippen LogP contribution in [0.2, 0.25) is 0 Å². The van der Waals surface area contributed by atoms with Gasteiger partial charge in [0.25, 0.3) is 0 Å². The molecule has 18 heavy (non-hydrogen) atoms. The summed E-state index contributed by atoms with van der Waals surface area (Å²) in [6, 6.07) is 4.02. The van der Waals surface area contributed by atoms with Crippen LogP contribution in [0, 0.1) is 0 Å². The number of thioether (sulfide) groups is 1. The highest BCUT2D eigenvalue weighted by molar-refractivity contribution is 8.00. The Morgan fingerprint density at radius 1 is 1.39 bits per heavy atom. The normalized spacial score (nSPS) is 10.4. The van der Waals surface area contributed by atoms with E-state index in [4.69, 9.17) is 0 Å². The summed E-state index contributed by atoms with van der Waals surface area (Å²) in [4.78, 5) is 6.24. The quantitative estimate of drug-likeness (QED) is 0.849. The zero-order valence-electron chi connectivity index (χ0n) is 10.5. The molecule has 2 rings (SSSR count). The summed E-state index contributed by atoms with van der Waals surface area (Å²) >= 11 is 3.28. The second-order valence-corrected chi connectivity index (χ2v) is 5.97. The lowest BCUT2D eigenvalue weighted by molar-refractivity contribution is 0.972. The number of nitrogens with one attached hydrogen (secondary N) is 1. The van der Waals surface area contributed by atoms with E-state index in [1.165, 1.54) is 5.56 Å². The first-order chi connectivity index (χ1) is 8.70. The molecule has 0 fully saturated rings. The van der Waals surface area contributed by atoms with Gasteiger partial charge in [0.1, 0.15) is 5.82 Å². The minimum Gasteiger partial charge on any atom is -0.373 e. The number of nitrogens with zero attached hydrogens (tertiary/aromatic N) is 4. The summed E-state index contributed by atoms with van der Waals surface area (Å²) in [5.41, 5.74) is 1.17. The molecule has 0 aliphatic rings. The predicted molar refractivity (Wildman–Crippen MR) is 77.6 cm³/mol. The Hall–Kier alpha value is -1.34. The van der Waals surface area contributed by atoms with Crippen molar-refractivity contribution in [2.75, 3.05) is 31.4 Å². The van der Waals surface area contributed by atoms with Crippen molar-refractivity contribution in [3.05, 3.63) is 23.9 Å². The maximum Gasteiger partial charge on any atom is 0.208 e. The minimum atomic E-state index is 0.839. The van der Waals surface area contributed by atoms with Gasteiger partial charge in [-0.15, -0.1) is 10.2 Å². The molecule has 0 aliphatic heterocycles. The average molecular weight is 281 g/mol. The molecule has 96 valence electrons.